The molecule has 0 saturated carbocycles. The maximum absolute atomic E-state index is 2.43. The zero-order valence-electron chi connectivity index (χ0n) is 15.8. The number of hydrogen-bond donors (Lipinski definition) is 0. The molecule has 23 heavy (non-hydrogen) atoms. The summed E-state index contributed by atoms with van der Waals surface area (Å²) in [6.07, 6.45) is 17.4. The fourth-order valence-electron chi connectivity index (χ4n) is 3.32. The van der Waals surface area contributed by atoms with Crippen LogP contribution < -0.4 is 3.58 Å². The van der Waals surface area contributed by atoms with Gasteiger partial charge in [-0.2, -0.15) is 0 Å². The molecule has 0 aliphatic rings. The summed E-state index contributed by atoms with van der Waals surface area (Å²) in [5.41, 5.74) is 0. The van der Waals surface area contributed by atoms with Gasteiger partial charge in [-0.05, 0) is 0 Å². The van der Waals surface area contributed by atoms with Gasteiger partial charge in [0, 0.05) is 0 Å². The van der Waals surface area contributed by atoms with E-state index < -0.39 is 19.8 Å². The molecular formula is C22H39Sn. The van der Waals surface area contributed by atoms with Crippen LogP contribution in [0.15, 0.2) is 30.3 Å². The Morgan fingerprint density at radius 3 is 1.48 bits per heavy atom. The van der Waals surface area contributed by atoms with Gasteiger partial charge in [0.1, 0.15) is 0 Å². The second-order valence-corrected chi connectivity index (χ2v) is 15.0. The van der Waals surface area contributed by atoms with Crippen molar-refractivity contribution in [3.8, 4) is 0 Å². The van der Waals surface area contributed by atoms with Gasteiger partial charge in [-0.25, -0.2) is 0 Å². The van der Waals surface area contributed by atoms with Crippen molar-refractivity contribution in [1.82, 2.24) is 0 Å². The number of rotatable bonds is 15. The van der Waals surface area contributed by atoms with Crippen molar-refractivity contribution < 1.29 is 0 Å². The zero-order chi connectivity index (χ0) is 16.6. The van der Waals surface area contributed by atoms with Crippen molar-refractivity contribution in [3.05, 3.63) is 30.3 Å². The second-order valence-electron chi connectivity index (χ2n) is 7.01. The summed E-state index contributed by atoms with van der Waals surface area (Å²) in [6, 6.07) is 11.6. The molecule has 0 aliphatic carbocycles. The fourth-order valence-corrected chi connectivity index (χ4v) is 11.4. The first-order valence-corrected chi connectivity index (χ1v) is 15.7. The first-order chi connectivity index (χ1) is 11.4. The summed E-state index contributed by atoms with van der Waals surface area (Å²) in [6.45, 7) is 4.61. The van der Waals surface area contributed by atoms with E-state index in [-0.39, 0.29) is 0 Å². The van der Waals surface area contributed by atoms with E-state index in [1.54, 1.807) is 12.5 Å². The zero-order valence-corrected chi connectivity index (χ0v) is 18.6. The van der Waals surface area contributed by atoms with E-state index >= 15 is 0 Å². The molecule has 0 fully saturated rings. The van der Waals surface area contributed by atoms with Crippen LogP contribution in [0.4, 0.5) is 0 Å². The molecule has 0 saturated heterocycles. The predicted molar refractivity (Wildman–Crippen MR) is 108 cm³/mol. The molecule has 131 valence electrons. The van der Waals surface area contributed by atoms with Crippen molar-refractivity contribution in [2.75, 3.05) is 0 Å². The summed E-state index contributed by atoms with van der Waals surface area (Å²) < 4.78 is 4.96. The molecule has 0 aromatic heterocycles. The van der Waals surface area contributed by atoms with Crippen LogP contribution in [0.25, 0.3) is 0 Å². The van der Waals surface area contributed by atoms with Crippen LogP contribution in [0.3, 0.4) is 0 Å². The van der Waals surface area contributed by atoms with Gasteiger partial charge < -0.3 is 0 Å². The second kappa shape index (κ2) is 15.5. The normalized spacial score (nSPS) is 11.3. The Hall–Kier alpha value is 0.0187. The van der Waals surface area contributed by atoms with Crippen molar-refractivity contribution in [3.63, 3.8) is 0 Å². The molecular weight excluding hydrogens is 383 g/mol. The third kappa shape index (κ3) is 11.2. The molecule has 0 atom stereocenters. The SMILES string of the molecule is CCCCCCC[CH2][Sn]([CH2]CCCCCCC)[c]1ccccc1. The monoisotopic (exact) mass is 423 g/mol. The van der Waals surface area contributed by atoms with Crippen LogP contribution in [0.5, 0.6) is 0 Å². The molecule has 0 aliphatic heterocycles. The number of benzene rings is 1. The maximum atomic E-state index is 2.43. The van der Waals surface area contributed by atoms with E-state index in [4.69, 9.17) is 0 Å². The van der Waals surface area contributed by atoms with Crippen LogP contribution in [-0.4, -0.2) is 19.8 Å². The Balaban J connectivity index is 2.26. The molecule has 0 nitrogen and oxygen atoms in total. The minimum atomic E-state index is -1.34. The average molecular weight is 422 g/mol. The summed E-state index contributed by atoms with van der Waals surface area (Å²) >= 11 is -1.34. The summed E-state index contributed by atoms with van der Waals surface area (Å²) in [4.78, 5) is 0. The van der Waals surface area contributed by atoms with Crippen molar-refractivity contribution in [1.29, 1.82) is 0 Å². The molecule has 1 heteroatoms. The Morgan fingerprint density at radius 1 is 0.565 bits per heavy atom. The molecule has 0 bridgehead atoms. The van der Waals surface area contributed by atoms with Gasteiger partial charge in [-0.1, -0.05) is 0 Å². The van der Waals surface area contributed by atoms with Crippen molar-refractivity contribution >= 4 is 23.3 Å². The quantitative estimate of drug-likeness (QED) is 0.209. The molecule has 0 unspecified atom stereocenters. The molecule has 1 rings (SSSR count). The molecule has 0 N–H and O–H groups in total. The van der Waals surface area contributed by atoms with E-state index in [0.717, 1.165) is 0 Å². The summed E-state index contributed by atoms with van der Waals surface area (Å²) in [7, 11) is 0. The topological polar surface area (TPSA) is 0 Å². The van der Waals surface area contributed by atoms with Gasteiger partial charge in [0.25, 0.3) is 0 Å². The van der Waals surface area contributed by atoms with Gasteiger partial charge in [0.05, 0.1) is 0 Å². The van der Waals surface area contributed by atoms with Crippen LogP contribution in [0.1, 0.15) is 90.9 Å². The van der Waals surface area contributed by atoms with Gasteiger partial charge in [-0.3, -0.25) is 0 Å². The van der Waals surface area contributed by atoms with Gasteiger partial charge in [0.15, 0.2) is 0 Å². The van der Waals surface area contributed by atoms with E-state index in [9.17, 15) is 0 Å². The Bertz CT molecular complexity index is 330. The van der Waals surface area contributed by atoms with Crippen molar-refractivity contribution in [2.24, 2.45) is 0 Å². The average Bonchev–Trinajstić information content (AvgIpc) is 2.60. The Morgan fingerprint density at radius 2 is 1.00 bits per heavy atom. The fraction of sp³-hybridized carbons (Fsp3) is 0.727. The molecule has 1 aromatic rings. The Kier molecular flexibility index (Phi) is 14.2. The van der Waals surface area contributed by atoms with Gasteiger partial charge in [-0.15, -0.1) is 0 Å². The number of hydrogen-bond acceptors (Lipinski definition) is 0. The van der Waals surface area contributed by atoms with Crippen molar-refractivity contribution in [2.45, 2.75) is 99.8 Å². The summed E-state index contributed by atoms with van der Waals surface area (Å²) in [5.74, 6) is 0. The van der Waals surface area contributed by atoms with Gasteiger partial charge in [0.2, 0.25) is 0 Å². The van der Waals surface area contributed by atoms with Gasteiger partial charge >= 0.3 is 153 Å². The molecule has 0 amide bonds. The van der Waals surface area contributed by atoms with E-state index in [1.807, 2.05) is 0 Å². The third-order valence-corrected chi connectivity index (χ3v) is 13.6. The minimum absolute atomic E-state index is 1.34. The van der Waals surface area contributed by atoms with Crippen LogP contribution in [0.2, 0.25) is 8.87 Å². The third-order valence-electron chi connectivity index (χ3n) is 4.85. The molecule has 0 heterocycles. The van der Waals surface area contributed by atoms with Crippen LogP contribution >= 0.6 is 0 Å². The van der Waals surface area contributed by atoms with E-state index in [1.165, 1.54) is 77.0 Å². The first-order valence-electron chi connectivity index (χ1n) is 10.3. The van der Waals surface area contributed by atoms with Crippen LogP contribution in [-0.2, 0) is 0 Å². The van der Waals surface area contributed by atoms with Crippen LogP contribution in [0, 0.1) is 0 Å². The predicted octanol–water partition coefficient (Wildman–Crippen LogP) is 7.11. The molecule has 1 radical (unpaired) electrons. The first kappa shape index (κ1) is 21.1. The molecule has 0 spiro atoms. The molecule has 1 aromatic carbocycles. The van der Waals surface area contributed by atoms with E-state index in [2.05, 4.69) is 44.2 Å². The Labute approximate surface area is 153 Å². The van der Waals surface area contributed by atoms with E-state index in [0.29, 0.717) is 0 Å². The standard InChI is InChI=1S/2C8H17.C6H5.Sn/c2*1-3-5-7-8-6-4-2;1-2-4-6-5-3-1;/h2*1,3-8H2,2H3;1-5H;. The number of unbranched alkanes of at least 4 members (excludes halogenated alkanes) is 10. The summed E-state index contributed by atoms with van der Waals surface area (Å²) in [5, 5.41) is 0.